The van der Waals surface area contributed by atoms with Crippen LogP contribution in [-0.2, 0) is 28.1 Å². The van der Waals surface area contributed by atoms with Gasteiger partial charge in [0.25, 0.3) is 0 Å². The number of hydrogen-bond acceptors (Lipinski definition) is 6. The van der Waals surface area contributed by atoms with E-state index in [2.05, 4.69) is 36.2 Å². The third kappa shape index (κ3) is 6.06. The number of carboxylic acid groups (broad SMARTS) is 1. The van der Waals surface area contributed by atoms with E-state index in [9.17, 15) is 9.59 Å². The van der Waals surface area contributed by atoms with Crippen LogP contribution in [0.1, 0.15) is 70.2 Å². The van der Waals surface area contributed by atoms with Crippen LogP contribution >= 0.6 is 0 Å². The lowest BCUT2D eigenvalue weighted by molar-refractivity contribution is -0.137. The van der Waals surface area contributed by atoms with Gasteiger partial charge >= 0.3 is 12.1 Å². The lowest BCUT2D eigenvalue weighted by Gasteiger charge is -2.42. The zero-order chi connectivity index (χ0) is 22.5. The first-order valence-electron chi connectivity index (χ1n) is 10.7. The van der Waals surface area contributed by atoms with Crippen molar-refractivity contribution in [3.63, 3.8) is 0 Å². The predicted molar refractivity (Wildman–Crippen MR) is 113 cm³/mol. The van der Waals surface area contributed by atoms with E-state index in [4.69, 9.17) is 14.4 Å². The van der Waals surface area contributed by atoms with Crippen molar-refractivity contribution >= 4 is 12.1 Å². The van der Waals surface area contributed by atoms with Crippen LogP contribution in [0, 0.1) is 11.3 Å². The zero-order valence-electron chi connectivity index (χ0n) is 18.4. The van der Waals surface area contributed by atoms with Crippen LogP contribution in [0.15, 0.2) is 34.9 Å². The topological polar surface area (TPSA) is 115 Å². The predicted octanol–water partition coefficient (Wildman–Crippen LogP) is 4.44. The number of nitrogens with zero attached hydrogens (tertiary/aromatic N) is 2. The Morgan fingerprint density at radius 2 is 1.90 bits per heavy atom. The highest BCUT2D eigenvalue weighted by Crippen LogP contribution is 2.44. The molecule has 168 valence electrons. The van der Waals surface area contributed by atoms with Crippen LogP contribution in [0.2, 0.25) is 0 Å². The van der Waals surface area contributed by atoms with E-state index in [0.717, 1.165) is 18.4 Å². The standard InChI is InChI=1S/C23H31N3O5/c1-22(2,3)17-11-13-23(14-12-17,20-24-18(31-26-20)9-10-19(27)28)25-21(29)30-15-16-7-5-4-6-8-16/h4-8,17H,9-15H2,1-3H3,(H,25,29)(H,27,28). The number of benzene rings is 1. The molecular weight excluding hydrogens is 398 g/mol. The minimum atomic E-state index is -0.928. The molecule has 3 rings (SSSR count). The quantitative estimate of drug-likeness (QED) is 0.668. The van der Waals surface area contributed by atoms with Crippen molar-refractivity contribution in [2.45, 2.75) is 71.4 Å². The second-order valence-corrected chi connectivity index (χ2v) is 9.31. The first kappa shape index (κ1) is 22.8. The monoisotopic (exact) mass is 429 g/mol. The summed E-state index contributed by atoms with van der Waals surface area (Å²) in [5, 5.41) is 16.0. The third-order valence-electron chi connectivity index (χ3n) is 6.07. The van der Waals surface area contributed by atoms with E-state index >= 15 is 0 Å². The van der Waals surface area contributed by atoms with Crippen molar-refractivity contribution in [2.75, 3.05) is 0 Å². The van der Waals surface area contributed by atoms with Crippen molar-refractivity contribution < 1.29 is 24.0 Å². The zero-order valence-corrected chi connectivity index (χ0v) is 18.4. The molecule has 1 aliphatic carbocycles. The molecule has 1 amide bonds. The summed E-state index contributed by atoms with van der Waals surface area (Å²) >= 11 is 0. The molecule has 1 saturated carbocycles. The minimum Gasteiger partial charge on any atom is -0.481 e. The second-order valence-electron chi connectivity index (χ2n) is 9.31. The van der Waals surface area contributed by atoms with Gasteiger partial charge in [0, 0.05) is 6.42 Å². The summed E-state index contributed by atoms with van der Waals surface area (Å²) in [6.45, 7) is 6.85. The SMILES string of the molecule is CC(C)(C)C1CCC(NC(=O)OCc2ccccc2)(c2noc(CCC(=O)O)n2)CC1. The summed E-state index contributed by atoms with van der Waals surface area (Å²) in [4.78, 5) is 27.9. The van der Waals surface area contributed by atoms with Gasteiger partial charge in [0.15, 0.2) is 5.82 Å². The number of alkyl carbamates (subject to hydrolysis) is 1. The number of carbonyl (C=O) groups excluding carboxylic acids is 1. The fourth-order valence-electron chi connectivity index (χ4n) is 4.10. The van der Waals surface area contributed by atoms with Gasteiger partial charge in [-0.2, -0.15) is 4.98 Å². The first-order chi connectivity index (χ1) is 14.7. The first-order valence-corrected chi connectivity index (χ1v) is 10.7. The third-order valence-corrected chi connectivity index (χ3v) is 6.07. The number of aryl methyl sites for hydroxylation is 1. The molecule has 0 bridgehead atoms. The number of amides is 1. The van der Waals surface area contributed by atoms with Crippen molar-refractivity contribution in [2.24, 2.45) is 11.3 Å². The Balaban J connectivity index is 1.73. The maximum absolute atomic E-state index is 12.7. The normalized spacial score (nSPS) is 21.5. The maximum Gasteiger partial charge on any atom is 0.408 e. The number of hydrogen-bond donors (Lipinski definition) is 2. The van der Waals surface area contributed by atoms with Gasteiger partial charge in [-0.25, -0.2) is 4.79 Å². The number of aromatic nitrogens is 2. The molecule has 8 heteroatoms. The Labute approximate surface area is 182 Å². The van der Waals surface area contributed by atoms with Gasteiger partial charge in [-0.1, -0.05) is 56.3 Å². The van der Waals surface area contributed by atoms with Crippen molar-refractivity contribution in [1.29, 1.82) is 0 Å². The number of rotatable bonds is 7. The molecule has 2 aromatic rings. The Kier molecular flexibility index (Phi) is 6.97. The van der Waals surface area contributed by atoms with Gasteiger partial charge in [-0.15, -0.1) is 0 Å². The van der Waals surface area contributed by atoms with Crippen molar-refractivity contribution in [3.05, 3.63) is 47.6 Å². The summed E-state index contributed by atoms with van der Waals surface area (Å²) in [5.74, 6) is 0.231. The number of ether oxygens (including phenoxy) is 1. The highest BCUT2D eigenvalue weighted by Gasteiger charge is 2.44. The molecular formula is C23H31N3O5. The van der Waals surface area contributed by atoms with Crippen LogP contribution in [0.4, 0.5) is 4.79 Å². The molecule has 0 atom stereocenters. The van der Waals surface area contributed by atoms with Crippen LogP contribution in [0.5, 0.6) is 0 Å². The van der Waals surface area contributed by atoms with Gasteiger partial charge < -0.3 is 19.7 Å². The van der Waals surface area contributed by atoms with Gasteiger partial charge in [-0.05, 0) is 42.6 Å². The molecule has 1 aromatic carbocycles. The summed E-state index contributed by atoms with van der Waals surface area (Å²) in [6, 6.07) is 9.48. The van der Waals surface area contributed by atoms with E-state index in [1.807, 2.05) is 30.3 Å². The molecule has 1 aliphatic rings. The Morgan fingerprint density at radius 3 is 2.52 bits per heavy atom. The maximum atomic E-state index is 12.7. The Bertz CT molecular complexity index is 880. The van der Waals surface area contributed by atoms with E-state index in [1.54, 1.807) is 0 Å². The molecule has 2 N–H and O–H groups in total. The number of aliphatic carboxylic acids is 1. The van der Waals surface area contributed by atoms with Crippen LogP contribution in [0.3, 0.4) is 0 Å². The Morgan fingerprint density at radius 1 is 1.23 bits per heavy atom. The van der Waals surface area contributed by atoms with Gasteiger partial charge in [0.1, 0.15) is 12.1 Å². The number of carbonyl (C=O) groups is 2. The average molecular weight is 430 g/mol. The van der Waals surface area contributed by atoms with E-state index in [0.29, 0.717) is 24.6 Å². The number of carboxylic acids is 1. The summed E-state index contributed by atoms with van der Waals surface area (Å²) in [6.07, 6.45) is 2.66. The highest BCUT2D eigenvalue weighted by atomic mass is 16.5. The summed E-state index contributed by atoms with van der Waals surface area (Å²) < 4.78 is 10.7. The average Bonchev–Trinajstić information content (AvgIpc) is 3.21. The Hall–Kier alpha value is -2.90. The lowest BCUT2D eigenvalue weighted by Crippen LogP contribution is -2.50. The molecule has 1 fully saturated rings. The van der Waals surface area contributed by atoms with Gasteiger partial charge in [-0.3, -0.25) is 4.79 Å². The van der Waals surface area contributed by atoms with Crippen LogP contribution in [-0.4, -0.2) is 27.3 Å². The molecule has 0 saturated heterocycles. The lowest BCUT2D eigenvalue weighted by atomic mass is 9.67. The summed E-state index contributed by atoms with van der Waals surface area (Å²) in [7, 11) is 0. The smallest absolute Gasteiger partial charge is 0.408 e. The van der Waals surface area contributed by atoms with Crippen molar-refractivity contribution in [1.82, 2.24) is 15.5 Å². The largest absolute Gasteiger partial charge is 0.481 e. The van der Waals surface area contributed by atoms with Gasteiger partial charge in [0.2, 0.25) is 5.89 Å². The molecule has 1 aromatic heterocycles. The van der Waals surface area contributed by atoms with Crippen LogP contribution < -0.4 is 5.32 Å². The summed E-state index contributed by atoms with van der Waals surface area (Å²) in [5.41, 5.74) is 0.281. The highest BCUT2D eigenvalue weighted by molar-refractivity contribution is 5.68. The van der Waals surface area contributed by atoms with Crippen molar-refractivity contribution in [3.8, 4) is 0 Å². The van der Waals surface area contributed by atoms with E-state index in [1.165, 1.54) is 0 Å². The van der Waals surface area contributed by atoms with Gasteiger partial charge in [0.05, 0.1) is 6.42 Å². The molecule has 8 nitrogen and oxygen atoms in total. The molecule has 0 spiro atoms. The molecule has 0 radical (unpaired) electrons. The fraction of sp³-hybridized carbons (Fsp3) is 0.565. The fourth-order valence-corrected chi connectivity index (χ4v) is 4.10. The van der Waals surface area contributed by atoms with Crippen LogP contribution in [0.25, 0.3) is 0 Å². The van der Waals surface area contributed by atoms with E-state index in [-0.39, 0.29) is 30.8 Å². The molecule has 31 heavy (non-hydrogen) atoms. The second kappa shape index (κ2) is 9.49. The molecule has 0 aliphatic heterocycles. The number of nitrogens with one attached hydrogen (secondary N) is 1. The molecule has 1 heterocycles. The molecule has 0 unspecified atom stereocenters. The minimum absolute atomic E-state index is 0.0900. The van der Waals surface area contributed by atoms with E-state index < -0.39 is 17.6 Å².